The summed E-state index contributed by atoms with van der Waals surface area (Å²) in [6.45, 7) is 2.45. The van der Waals surface area contributed by atoms with Gasteiger partial charge in [-0.05, 0) is 31.3 Å². The highest BCUT2D eigenvalue weighted by Crippen LogP contribution is 2.06. The van der Waals surface area contributed by atoms with Crippen molar-refractivity contribution in [3.63, 3.8) is 0 Å². The lowest BCUT2D eigenvalue weighted by atomic mass is 10.1. The molecule has 0 aliphatic heterocycles. The van der Waals surface area contributed by atoms with Gasteiger partial charge < -0.3 is 48.2 Å². The van der Waals surface area contributed by atoms with Gasteiger partial charge in [0.2, 0.25) is 41.4 Å². The van der Waals surface area contributed by atoms with Crippen LogP contribution in [0.1, 0.15) is 32.1 Å². The van der Waals surface area contributed by atoms with Gasteiger partial charge in [-0.15, -0.1) is 5.16 Å². The third kappa shape index (κ3) is 19.2. The first kappa shape index (κ1) is 39.9. The number of nitrogens with one attached hydrogen (secondary N) is 6. The third-order valence-electron chi connectivity index (χ3n) is 5.51. The fraction of sp³-hybridized carbons (Fsp3) is 0.625. The van der Waals surface area contributed by atoms with Crippen molar-refractivity contribution in [2.75, 3.05) is 44.0 Å². The van der Waals surface area contributed by atoms with E-state index in [-0.39, 0.29) is 57.6 Å². The van der Waals surface area contributed by atoms with E-state index < -0.39 is 71.9 Å². The number of rotatable bonds is 24. The Labute approximate surface area is 264 Å². The number of hydrogen-bond donors (Lipinski definition) is 9. The van der Waals surface area contributed by atoms with Gasteiger partial charge in [0.15, 0.2) is 6.61 Å². The zero-order chi connectivity index (χ0) is 33.5. The second-order valence-corrected chi connectivity index (χ2v) is 10.3. The number of primary amides is 2. The van der Waals surface area contributed by atoms with Crippen LogP contribution < -0.4 is 43.4 Å². The minimum atomic E-state index is -1.35. The highest BCUT2D eigenvalue weighted by atomic mass is 32.2. The zero-order valence-corrected chi connectivity index (χ0v) is 26.1. The Morgan fingerprint density at radius 1 is 0.750 bits per heavy atom. The lowest BCUT2D eigenvalue weighted by Crippen LogP contribution is -2.57. The van der Waals surface area contributed by atoms with Crippen LogP contribution in [-0.4, -0.2) is 116 Å². The van der Waals surface area contributed by atoms with Crippen LogP contribution in [0.25, 0.3) is 0 Å². The van der Waals surface area contributed by atoms with Crippen molar-refractivity contribution in [3.05, 3.63) is 0 Å². The predicted octanol–water partition coefficient (Wildman–Crippen LogP) is -4.36. The maximum absolute atomic E-state index is 13.2. The van der Waals surface area contributed by atoms with Crippen molar-refractivity contribution in [2.45, 2.75) is 50.2 Å². The van der Waals surface area contributed by atoms with Crippen LogP contribution in [0.4, 0.5) is 0 Å². The summed E-state index contributed by atoms with van der Waals surface area (Å²) in [6, 6.07) is -3.72. The Morgan fingerprint density at radius 2 is 1.25 bits per heavy atom. The number of nitrogens with zero attached hydrogens (tertiary/aromatic N) is 1. The van der Waals surface area contributed by atoms with Crippen LogP contribution >= 0.6 is 24.4 Å². The van der Waals surface area contributed by atoms with Gasteiger partial charge in [-0.2, -0.15) is 24.4 Å². The number of thiol groups is 1. The summed E-state index contributed by atoms with van der Waals surface area (Å²) in [5.41, 5.74) is 10.4. The summed E-state index contributed by atoms with van der Waals surface area (Å²) in [6.07, 6.45) is 0.994. The van der Waals surface area contributed by atoms with Crippen molar-refractivity contribution in [1.82, 2.24) is 31.9 Å². The number of hydrogen-bond acceptors (Lipinski definition) is 12. The molecule has 0 spiro atoms. The molecular formula is C24H41N9O9S2. The summed E-state index contributed by atoms with van der Waals surface area (Å²) in [7, 11) is 0. The second kappa shape index (κ2) is 23.4. The van der Waals surface area contributed by atoms with Crippen LogP contribution in [0.5, 0.6) is 0 Å². The molecule has 0 saturated heterocycles. The van der Waals surface area contributed by atoms with Gasteiger partial charge in [-0.25, -0.2) is 0 Å². The molecule has 0 unspecified atom stereocenters. The Balaban J connectivity index is 5.36. The van der Waals surface area contributed by atoms with Gasteiger partial charge in [0.25, 0.3) is 5.91 Å². The Morgan fingerprint density at radius 3 is 1.73 bits per heavy atom. The number of amides is 8. The minimum absolute atomic E-state index is 0.0602. The van der Waals surface area contributed by atoms with E-state index in [4.69, 9.17) is 11.5 Å². The second-order valence-electron chi connectivity index (χ2n) is 9.01. The summed E-state index contributed by atoms with van der Waals surface area (Å²) in [5.74, 6) is -5.30. The Kier molecular flexibility index (Phi) is 21.2. The van der Waals surface area contributed by atoms with Gasteiger partial charge in [0, 0.05) is 32.6 Å². The van der Waals surface area contributed by atoms with Crippen LogP contribution in [0.15, 0.2) is 5.16 Å². The molecule has 0 aliphatic carbocycles. The SMILES string of the molecule is C=NOCC(=O)NCCNC(=O)CNC(=O)[C@H](CCSC)NC(=O)[C@H](CCC(N)=O)NC(=O)[C@H](CCC(N)=O)NC(=O)CS. The minimum Gasteiger partial charge on any atom is -0.386 e. The molecular weight excluding hydrogens is 622 g/mol. The van der Waals surface area contributed by atoms with E-state index in [9.17, 15) is 38.4 Å². The summed E-state index contributed by atoms with van der Waals surface area (Å²) >= 11 is 5.23. The molecule has 0 aromatic rings. The molecule has 20 heteroatoms. The van der Waals surface area contributed by atoms with E-state index in [1.54, 1.807) is 6.26 Å². The lowest BCUT2D eigenvalue weighted by Gasteiger charge is -2.25. The number of thioether (sulfide) groups is 1. The highest BCUT2D eigenvalue weighted by Gasteiger charge is 2.30. The summed E-state index contributed by atoms with van der Waals surface area (Å²) in [4.78, 5) is 102. The highest BCUT2D eigenvalue weighted by molar-refractivity contribution is 7.98. The topological polar surface area (TPSA) is 282 Å². The maximum atomic E-state index is 13.2. The fourth-order valence-corrected chi connectivity index (χ4v) is 3.87. The number of carbonyl (C=O) groups is 8. The summed E-state index contributed by atoms with van der Waals surface area (Å²) in [5, 5.41) is 17.8. The number of nitrogens with two attached hydrogens (primary N) is 2. The van der Waals surface area contributed by atoms with E-state index in [0.717, 1.165) is 0 Å². The summed E-state index contributed by atoms with van der Waals surface area (Å²) < 4.78 is 0. The average Bonchev–Trinajstić information content (AvgIpc) is 2.98. The number of oxime groups is 1. The normalized spacial score (nSPS) is 12.3. The molecule has 0 fully saturated rings. The van der Waals surface area contributed by atoms with Gasteiger partial charge in [-0.3, -0.25) is 38.4 Å². The molecule has 18 nitrogen and oxygen atoms in total. The van der Waals surface area contributed by atoms with E-state index in [1.165, 1.54) is 11.8 Å². The maximum Gasteiger partial charge on any atom is 0.260 e. The molecule has 0 saturated carbocycles. The van der Waals surface area contributed by atoms with Crippen molar-refractivity contribution in [1.29, 1.82) is 0 Å². The molecule has 3 atom stereocenters. The first-order chi connectivity index (χ1) is 20.8. The van der Waals surface area contributed by atoms with E-state index in [1.807, 2.05) is 0 Å². The molecule has 0 aliphatic rings. The molecule has 0 bridgehead atoms. The van der Waals surface area contributed by atoms with E-state index >= 15 is 0 Å². The van der Waals surface area contributed by atoms with Crippen LogP contribution in [0.3, 0.4) is 0 Å². The molecule has 44 heavy (non-hydrogen) atoms. The van der Waals surface area contributed by atoms with Crippen molar-refractivity contribution < 1.29 is 43.2 Å². The Hall–Kier alpha value is -4.07. The molecule has 0 aromatic carbocycles. The monoisotopic (exact) mass is 663 g/mol. The standard InChI is InChI=1S/C24H41N9O9S2/c1-27-42-12-20(37)29-9-8-28-19(36)11-30-22(39)16(7-10-44-2)33-24(41)15(4-6-18(26)35)32-23(40)14(3-5-17(25)34)31-21(38)13-43/h14-16,43H,1,3-13H2,2H3,(H2,25,34)(H2,26,35)(H,28,36)(H,29,37)(H,30,39)(H,31,38)(H,32,40)(H,33,41)/t14-,15-,16-/m0/s1. The van der Waals surface area contributed by atoms with Gasteiger partial charge in [-0.1, -0.05) is 0 Å². The van der Waals surface area contributed by atoms with Crippen molar-refractivity contribution >= 4 is 78.4 Å². The molecule has 0 radical (unpaired) electrons. The molecule has 0 aromatic heterocycles. The van der Waals surface area contributed by atoms with Gasteiger partial charge in [0.1, 0.15) is 18.1 Å². The third-order valence-corrected chi connectivity index (χ3v) is 6.44. The predicted molar refractivity (Wildman–Crippen MR) is 164 cm³/mol. The van der Waals surface area contributed by atoms with Crippen LogP contribution in [0, 0.1) is 0 Å². The fourth-order valence-electron chi connectivity index (χ4n) is 3.31. The molecule has 248 valence electrons. The molecule has 10 N–H and O–H groups in total. The number of carbonyl (C=O) groups excluding carboxylic acids is 8. The van der Waals surface area contributed by atoms with E-state index in [0.29, 0.717) is 5.75 Å². The van der Waals surface area contributed by atoms with Crippen LogP contribution in [0.2, 0.25) is 0 Å². The average molecular weight is 664 g/mol. The first-order valence-electron chi connectivity index (χ1n) is 13.3. The smallest absolute Gasteiger partial charge is 0.260 e. The quantitative estimate of drug-likeness (QED) is 0.0207. The molecule has 8 amide bonds. The lowest BCUT2D eigenvalue weighted by molar-refractivity contribution is -0.134. The molecule has 0 heterocycles. The zero-order valence-electron chi connectivity index (χ0n) is 24.3. The van der Waals surface area contributed by atoms with Crippen molar-refractivity contribution in [2.24, 2.45) is 16.6 Å². The largest absolute Gasteiger partial charge is 0.386 e. The Bertz CT molecular complexity index is 1030. The molecule has 0 rings (SSSR count). The van der Waals surface area contributed by atoms with Gasteiger partial charge >= 0.3 is 0 Å². The van der Waals surface area contributed by atoms with Crippen molar-refractivity contribution in [3.8, 4) is 0 Å². The van der Waals surface area contributed by atoms with E-state index in [2.05, 4.69) is 61.2 Å². The first-order valence-corrected chi connectivity index (χ1v) is 15.3. The van der Waals surface area contributed by atoms with Gasteiger partial charge in [0.05, 0.1) is 12.3 Å². The van der Waals surface area contributed by atoms with Crippen LogP contribution in [-0.2, 0) is 43.2 Å².